The third kappa shape index (κ3) is 3.81. The zero-order chi connectivity index (χ0) is 24.7. The van der Waals surface area contributed by atoms with Crippen LogP contribution in [-0.4, -0.2) is 28.9 Å². The van der Waals surface area contributed by atoms with E-state index >= 15 is 0 Å². The number of aliphatic hydroxyl groups excluding tert-OH is 1. The summed E-state index contributed by atoms with van der Waals surface area (Å²) in [7, 11) is 1.39. The highest BCUT2D eigenvalue weighted by Crippen LogP contribution is 2.46. The predicted octanol–water partition coefficient (Wildman–Crippen LogP) is 6.18. The van der Waals surface area contributed by atoms with E-state index in [2.05, 4.69) is 4.98 Å². The number of aliphatic hydroxyl groups is 1. The summed E-state index contributed by atoms with van der Waals surface area (Å²) in [6.45, 7) is 0. The van der Waals surface area contributed by atoms with Gasteiger partial charge in [-0.1, -0.05) is 59.6 Å². The van der Waals surface area contributed by atoms with Gasteiger partial charge in [-0.2, -0.15) is 0 Å². The number of amides is 1. The van der Waals surface area contributed by atoms with Crippen molar-refractivity contribution >= 4 is 57.1 Å². The first kappa shape index (κ1) is 22.9. The Morgan fingerprint density at radius 3 is 2.46 bits per heavy atom. The number of Topliss-reactive ketones (excluding diaryl/α,β-unsaturated/α-hetero) is 1. The highest BCUT2D eigenvalue weighted by atomic mass is 35.5. The number of carbonyl (C=O) groups is 2. The fourth-order valence-electron chi connectivity index (χ4n) is 4.45. The SMILES string of the molecule is COc1c(Cl)cc(Cl)cc1/C(O)=C1\C(=O)C(=O)N(c2cccc3ccccc23)C1c1ccncc1. The second-order valence-electron chi connectivity index (χ2n) is 7.92. The maximum atomic E-state index is 13.5. The number of anilines is 1. The molecule has 0 radical (unpaired) electrons. The number of rotatable bonds is 4. The third-order valence-corrected chi connectivity index (χ3v) is 6.46. The summed E-state index contributed by atoms with van der Waals surface area (Å²) in [6.07, 6.45) is 3.13. The molecule has 0 bridgehead atoms. The zero-order valence-electron chi connectivity index (χ0n) is 18.4. The number of ketones is 1. The van der Waals surface area contributed by atoms with Gasteiger partial charge in [-0.25, -0.2) is 0 Å². The summed E-state index contributed by atoms with van der Waals surface area (Å²) in [4.78, 5) is 32.4. The Morgan fingerprint density at radius 2 is 1.71 bits per heavy atom. The van der Waals surface area contributed by atoms with Crippen LogP contribution in [0.25, 0.3) is 16.5 Å². The lowest BCUT2D eigenvalue weighted by Crippen LogP contribution is -2.29. The minimum absolute atomic E-state index is 0.106. The van der Waals surface area contributed by atoms with E-state index in [1.54, 1.807) is 30.6 Å². The van der Waals surface area contributed by atoms with Gasteiger partial charge in [-0.15, -0.1) is 0 Å². The average Bonchev–Trinajstić information content (AvgIpc) is 3.13. The van der Waals surface area contributed by atoms with Crippen molar-refractivity contribution in [3.05, 3.63) is 106 Å². The minimum atomic E-state index is -0.925. The molecule has 8 heteroatoms. The molecule has 1 aliphatic heterocycles. The highest BCUT2D eigenvalue weighted by molar-refractivity contribution is 6.52. The molecular weight excluding hydrogens is 487 g/mol. The lowest BCUT2D eigenvalue weighted by molar-refractivity contribution is -0.132. The Balaban J connectivity index is 1.81. The average molecular weight is 505 g/mol. The molecule has 0 aliphatic carbocycles. The van der Waals surface area contributed by atoms with Crippen LogP contribution in [0.1, 0.15) is 17.2 Å². The second kappa shape index (κ2) is 9.06. The van der Waals surface area contributed by atoms with E-state index in [9.17, 15) is 14.7 Å². The maximum Gasteiger partial charge on any atom is 0.300 e. The first-order valence-electron chi connectivity index (χ1n) is 10.6. The van der Waals surface area contributed by atoms with Crippen LogP contribution in [0.3, 0.4) is 0 Å². The third-order valence-electron chi connectivity index (χ3n) is 5.96. The van der Waals surface area contributed by atoms with E-state index in [4.69, 9.17) is 27.9 Å². The fraction of sp³-hybridized carbons (Fsp3) is 0.0741. The van der Waals surface area contributed by atoms with Crippen LogP contribution in [0.2, 0.25) is 10.0 Å². The number of fused-ring (bicyclic) bond motifs is 1. The largest absolute Gasteiger partial charge is 0.507 e. The topological polar surface area (TPSA) is 79.7 Å². The molecular formula is C27H18Cl2N2O4. The van der Waals surface area contributed by atoms with E-state index in [1.807, 2.05) is 36.4 Å². The van der Waals surface area contributed by atoms with E-state index in [0.717, 1.165) is 10.8 Å². The molecule has 0 saturated carbocycles. The molecule has 0 spiro atoms. The fourth-order valence-corrected chi connectivity index (χ4v) is 5.02. The van der Waals surface area contributed by atoms with E-state index in [0.29, 0.717) is 11.3 Å². The number of hydrogen-bond donors (Lipinski definition) is 1. The van der Waals surface area contributed by atoms with Crippen LogP contribution in [0.15, 0.2) is 84.7 Å². The molecule has 1 aliphatic rings. The normalized spacial score (nSPS) is 17.2. The number of nitrogens with zero attached hydrogens (tertiary/aromatic N) is 2. The van der Waals surface area contributed by atoms with Crippen LogP contribution in [0.4, 0.5) is 5.69 Å². The number of benzene rings is 3. The van der Waals surface area contributed by atoms with Crippen LogP contribution in [0.5, 0.6) is 5.75 Å². The van der Waals surface area contributed by atoms with Crippen molar-refractivity contribution in [1.82, 2.24) is 4.98 Å². The summed E-state index contributed by atoms with van der Waals surface area (Å²) in [5.74, 6) is -1.90. The summed E-state index contributed by atoms with van der Waals surface area (Å²) in [5.41, 5.74) is 1.15. The van der Waals surface area contributed by atoms with E-state index < -0.39 is 23.5 Å². The van der Waals surface area contributed by atoms with Crippen molar-refractivity contribution in [2.45, 2.75) is 6.04 Å². The van der Waals surface area contributed by atoms with Crippen molar-refractivity contribution in [3.8, 4) is 5.75 Å². The van der Waals surface area contributed by atoms with Crippen molar-refractivity contribution < 1.29 is 19.4 Å². The second-order valence-corrected chi connectivity index (χ2v) is 8.76. The summed E-state index contributed by atoms with van der Waals surface area (Å²) in [5, 5.41) is 13.5. The molecule has 1 fully saturated rings. The van der Waals surface area contributed by atoms with Crippen LogP contribution in [-0.2, 0) is 9.59 Å². The van der Waals surface area contributed by atoms with Gasteiger partial charge >= 0.3 is 0 Å². The number of ether oxygens (including phenoxy) is 1. The number of aromatic nitrogens is 1. The molecule has 1 unspecified atom stereocenters. The summed E-state index contributed by atoms with van der Waals surface area (Å²) >= 11 is 12.5. The quantitative estimate of drug-likeness (QED) is 0.204. The zero-order valence-corrected chi connectivity index (χ0v) is 19.9. The molecule has 1 N–H and O–H groups in total. The van der Waals surface area contributed by atoms with Crippen molar-refractivity contribution in [3.63, 3.8) is 0 Å². The number of carbonyl (C=O) groups excluding carboxylic acids is 2. The molecule has 174 valence electrons. The summed E-state index contributed by atoms with van der Waals surface area (Å²) < 4.78 is 5.38. The van der Waals surface area contributed by atoms with Gasteiger partial charge in [0.1, 0.15) is 11.5 Å². The first-order valence-corrected chi connectivity index (χ1v) is 11.4. The van der Waals surface area contributed by atoms with Crippen molar-refractivity contribution in [2.75, 3.05) is 12.0 Å². The highest BCUT2D eigenvalue weighted by Gasteiger charge is 2.47. The van der Waals surface area contributed by atoms with Gasteiger partial charge in [-0.3, -0.25) is 19.5 Å². The number of hydrogen-bond acceptors (Lipinski definition) is 5. The van der Waals surface area contributed by atoms with Gasteiger partial charge in [0.05, 0.1) is 35.0 Å². The molecule has 6 nitrogen and oxygen atoms in total. The molecule has 4 aromatic rings. The molecule has 1 aromatic heterocycles. The molecule has 2 heterocycles. The smallest absolute Gasteiger partial charge is 0.300 e. The number of pyridine rings is 1. The maximum absolute atomic E-state index is 13.5. The lowest BCUT2D eigenvalue weighted by Gasteiger charge is -2.26. The first-order chi connectivity index (χ1) is 16.9. The molecule has 1 saturated heterocycles. The molecule has 5 rings (SSSR count). The van der Waals surface area contributed by atoms with Gasteiger partial charge < -0.3 is 9.84 Å². The standard InChI is InChI=1S/C27H18Cl2N2O4/c1-35-26-19(13-17(28)14-20(26)29)24(32)22-23(16-9-11-30-12-10-16)31(27(34)25(22)33)21-8-4-6-15-5-2-3-7-18(15)21/h2-14,23,32H,1H3/b24-22+. The van der Waals surface area contributed by atoms with Crippen LogP contribution >= 0.6 is 23.2 Å². The van der Waals surface area contributed by atoms with Crippen LogP contribution in [0, 0.1) is 0 Å². The Bertz CT molecular complexity index is 1510. The monoisotopic (exact) mass is 504 g/mol. The molecule has 35 heavy (non-hydrogen) atoms. The Kier molecular flexibility index (Phi) is 5.93. The van der Waals surface area contributed by atoms with Gasteiger partial charge in [-0.05, 0) is 41.3 Å². The molecule has 1 atom stereocenters. The lowest BCUT2D eigenvalue weighted by atomic mass is 9.95. The van der Waals surface area contributed by atoms with Gasteiger partial charge in [0.2, 0.25) is 0 Å². The molecule has 3 aromatic carbocycles. The Morgan fingerprint density at radius 1 is 1.00 bits per heavy atom. The predicted molar refractivity (Wildman–Crippen MR) is 136 cm³/mol. The van der Waals surface area contributed by atoms with Crippen molar-refractivity contribution in [2.24, 2.45) is 0 Å². The number of halogens is 2. The number of methoxy groups -OCH3 is 1. The summed E-state index contributed by atoms with van der Waals surface area (Å²) in [6, 6.07) is 18.5. The van der Waals surface area contributed by atoms with Gasteiger partial charge in [0.25, 0.3) is 11.7 Å². The van der Waals surface area contributed by atoms with Crippen LogP contribution < -0.4 is 9.64 Å². The Labute approximate surface area is 211 Å². The van der Waals surface area contributed by atoms with Crippen molar-refractivity contribution in [1.29, 1.82) is 0 Å². The van der Waals surface area contributed by atoms with E-state index in [-0.39, 0.29) is 26.9 Å². The van der Waals surface area contributed by atoms with Gasteiger partial charge in [0, 0.05) is 22.8 Å². The van der Waals surface area contributed by atoms with Gasteiger partial charge in [0.15, 0.2) is 0 Å². The minimum Gasteiger partial charge on any atom is -0.507 e. The Hall–Kier alpha value is -3.87. The molecule has 1 amide bonds. The van der Waals surface area contributed by atoms with E-state index in [1.165, 1.54) is 24.1 Å².